The predicted octanol–water partition coefficient (Wildman–Crippen LogP) is 6.87. The van der Waals surface area contributed by atoms with Crippen molar-refractivity contribution in [3.63, 3.8) is 0 Å². The first-order chi connectivity index (χ1) is 10.8. The maximum absolute atomic E-state index is 9.27. The molecule has 0 radical (unpaired) electrons. The minimum Gasteiger partial charge on any atom is -0.511 e. The fourth-order valence-corrected chi connectivity index (χ4v) is 2.71. The topological polar surface area (TPSA) is 32.3 Å². The van der Waals surface area contributed by atoms with E-state index < -0.39 is 0 Å². The highest BCUT2D eigenvalue weighted by Crippen LogP contribution is 2.12. The van der Waals surface area contributed by atoms with Gasteiger partial charge in [0.25, 0.3) is 0 Å². The summed E-state index contributed by atoms with van der Waals surface area (Å²) in [4.78, 5) is 0. The van der Waals surface area contributed by atoms with Gasteiger partial charge in [0.1, 0.15) is 5.76 Å². The van der Waals surface area contributed by atoms with Crippen molar-refractivity contribution in [2.75, 3.05) is 6.54 Å². The summed E-state index contributed by atoms with van der Waals surface area (Å²) < 4.78 is 0. The number of aliphatic hydroxyl groups is 1. The molecule has 132 valence electrons. The molecular formula is C20H41NO. The maximum Gasteiger partial charge on any atom is 0.108 e. The van der Waals surface area contributed by atoms with Crippen LogP contribution in [0.25, 0.3) is 0 Å². The van der Waals surface area contributed by atoms with E-state index in [1.165, 1.54) is 89.9 Å². The molecule has 0 aliphatic heterocycles. The van der Waals surface area contributed by atoms with Crippen molar-refractivity contribution in [2.24, 2.45) is 0 Å². The highest BCUT2D eigenvalue weighted by molar-refractivity contribution is 4.86. The molecule has 0 aromatic rings. The standard InChI is InChI=1S/C20H41NO/c1-3-5-6-7-8-9-10-11-12-13-14-15-16-17-18-21-19-20(22)4-2/h19,21-22H,3-18H2,1-2H3. The molecule has 0 fully saturated rings. The van der Waals surface area contributed by atoms with E-state index in [1.54, 1.807) is 6.20 Å². The summed E-state index contributed by atoms with van der Waals surface area (Å²) in [5.41, 5.74) is 0. The summed E-state index contributed by atoms with van der Waals surface area (Å²) in [6.45, 7) is 5.23. The van der Waals surface area contributed by atoms with Gasteiger partial charge < -0.3 is 10.4 Å². The van der Waals surface area contributed by atoms with Gasteiger partial charge in [-0.3, -0.25) is 0 Å². The van der Waals surface area contributed by atoms with Crippen LogP contribution in [0.1, 0.15) is 110 Å². The first kappa shape index (κ1) is 21.3. The van der Waals surface area contributed by atoms with Gasteiger partial charge in [0.15, 0.2) is 0 Å². The van der Waals surface area contributed by atoms with Crippen molar-refractivity contribution in [3.8, 4) is 0 Å². The minimum atomic E-state index is 0.449. The molecule has 0 heterocycles. The molecule has 0 aliphatic carbocycles. The summed E-state index contributed by atoms with van der Waals surface area (Å²) in [6.07, 6.45) is 22.0. The maximum atomic E-state index is 9.27. The van der Waals surface area contributed by atoms with Gasteiger partial charge in [-0.1, -0.05) is 97.3 Å². The monoisotopic (exact) mass is 311 g/mol. The van der Waals surface area contributed by atoms with Gasteiger partial charge in [0.05, 0.1) is 0 Å². The highest BCUT2D eigenvalue weighted by atomic mass is 16.3. The van der Waals surface area contributed by atoms with Crippen LogP contribution in [0.4, 0.5) is 0 Å². The van der Waals surface area contributed by atoms with Crippen molar-refractivity contribution in [1.82, 2.24) is 5.32 Å². The Morgan fingerprint density at radius 1 is 0.682 bits per heavy atom. The van der Waals surface area contributed by atoms with Gasteiger partial charge in [-0.25, -0.2) is 0 Å². The molecule has 0 atom stereocenters. The van der Waals surface area contributed by atoms with Crippen LogP contribution in [0.3, 0.4) is 0 Å². The van der Waals surface area contributed by atoms with E-state index in [2.05, 4.69) is 12.2 Å². The Morgan fingerprint density at radius 3 is 1.50 bits per heavy atom. The molecule has 2 heteroatoms. The van der Waals surface area contributed by atoms with Crippen molar-refractivity contribution in [3.05, 3.63) is 12.0 Å². The number of allylic oxidation sites excluding steroid dienone is 1. The summed E-state index contributed by atoms with van der Waals surface area (Å²) in [5.74, 6) is 0.449. The first-order valence-electron chi connectivity index (χ1n) is 9.92. The summed E-state index contributed by atoms with van der Waals surface area (Å²) in [6, 6.07) is 0. The molecule has 0 spiro atoms. The van der Waals surface area contributed by atoms with E-state index in [-0.39, 0.29) is 0 Å². The molecule has 0 aromatic heterocycles. The molecule has 0 bridgehead atoms. The Bertz CT molecular complexity index is 238. The number of hydrogen-bond acceptors (Lipinski definition) is 2. The number of aliphatic hydroxyl groups excluding tert-OH is 1. The second kappa shape index (κ2) is 18.4. The Morgan fingerprint density at radius 2 is 1.09 bits per heavy atom. The largest absolute Gasteiger partial charge is 0.511 e. The van der Waals surface area contributed by atoms with Crippen LogP contribution in [0.5, 0.6) is 0 Å². The molecule has 0 amide bonds. The molecule has 22 heavy (non-hydrogen) atoms. The zero-order valence-corrected chi connectivity index (χ0v) is 15.3. The number of unbranched alkanes of at least 4 members (excludes halogenated alkanes) is 13. The fraction of sp³-hybridized carbons (Fsp3) is 0.900. The molecule has 0 saturated heterocycles. The molecule has 0 saturated carbocycles. The third-order valence-electron chi connectivity index (χ3n) is 4.31. The lowest BCUT2D eigenvalue weighted by Crippen LogP contribution is -2.07. The lowest BCUT2D eigenvalue weighted by Gasteiger charge is -2.04. The molecule has 0 aliphatic rings. The van der Waals surface area contributed by atoms with E-state index in [0.29, 0.717) is 12.2 Å². The Balaban J connectivity index is 3.03. The SMILES string of the molecule is CCCCCCCCCCCCCCCCNC=C(O)CC. The van der Waals surface area contributed by atoms with Gasteiger partial charge in [-0.15, -0.1) is 0 Å². The second-order valence-electron chi connectivity index (χ2n) is 6.54. The van der Waals surface area contributed by atoms with Crippen LogP contribution in [0, 0.1) is 0 Å². The minimum absolute atomic E-state index is 0.449. The third kappa shape index (κ3) is 17.4. The lowest BCUT2D eigenvalue weighted by molar-refractivity contribution is 0.389. The number of rotatable bonds is 17. The molecule has 0 rings (SSSR count). The lowest BCUT2D eigenvalue weighted by atomic mass is 10.0. The summed E-state index contributed by atoms with van der Waals surface area (Å²) in [5, 5.41) is 12.4. The van der Waals surface area contributed by atoms with E-state index in [0.717, 1.165) is 6.54 Å². The molecule has 0 aromatic carbocycles. The third-order valence-corrected chi connectivity index (χ3v) is 4.31. The van der Waals surface area contributed by atoms with Gasteiger partial charge in [0, 0.05) is 19.2 Å². The molecule has 2 nitrogen and oxygen atoms in total. The van der Waals surface area contributed by atoms with Crippen LogP contribution in [0.15, 0.2) is 12.0 Å². The van der Waals surface area contributed by atoms with Crippen molar-refractivity contribution in [1.29, 1.82) is 0 Å². The Hall–Kier alpha value is -0.660. The Kier molecular flexibility index (Phi) is 17.8. The highest BCUT2D eigenvalue weighted by Gasteiger charge is 1.94. The average Bonchev–Trinajstić information content (AvgIpc) is 2.54. The average molecular weight is 312 g/mol. The summed E-state index contributed by atoms with van der Waals surface area (Å²) in [7, 11) is 0. The quantitative estimate of drug-likeness (QED) is 0.227. The van der Waals surface area contributed by atoms with Crippen molar-refractivity contribution in [2.45, 2.75) is 110 Å². The predicted molar refractivity (Wildman–Crippen MR) is 99.3 cm³/mol. The van der Waals surface area contributed by atoms with Crippen molar-refractivity contribution < 1.29 is 5.11 Å². The molecule has 0 unspecified atom stereocenters. The van der Waals surface area contributed by atoms with E-state index in [9.17, 15) is 5.11 Å². The van der Waals surface area contributed by atoms with Crippen LogP contribution >= 0.6 is 0 Å². The van der Waals surface area contributed by atoms with Crippen LogP contribution in [-0.2, 0) is 0 Å². The number of nitrogens with one attached hydrogen (secondary N) is 1. The fourth-order valence-electron chi connectivity index (χ4n) is 2.71. The van der Waals surface area contributed by atoms with Crippen LogP contribution in [0.2, 0.25) is 0 Å². The normalized spacial score (nSPS) is 11.8. The Labute approximate surface area is 139 Å². The first-order valence-corrected chi connectivity index (χ1v) is 9.92. The summed E-state index contributed by atoms with van der Waals surface area (Å²) >= 11 is 0. The van der Waals surface area contributed by atoms with E-state index >= 15 is 0 Å². The molecular weight excluding hydrogens is 270 g/mol. The van der Waals surface area contributed by atoms with Crippen molar-refractivity contribution >= 4 is 0 Å². The van der Waals surface area contributed by atoms with Gasteiger partial charge >= 0.3 is 0 Å². The van der Waals surface area contributed by atoms with Gasteiger partial charge in [-0.2, -0.15) is 0 Å². The van der Waals surface area contributed by atoms with E-state index in [1.807, 2.05) is 6.92 Å². The van der Waals surface area contributed by atoms with Crippen LogP contribution < -0.4 is 5.32 Å². The zero-order chi connectivity index (χ0) is 16.3. The second-order valence-corrected chi connectivity index (χ2v) is 6.54. The van der Waals surface area contributed by atoms with Gasteiger partial charge in [0.2, 0.25) is 0 Å². The smallest absolute Gasteiger partial charge is 0.108 e. The number of hydrogen-bond donors (Lipinski definition) is 2. The van der Waals surface area contributed by atoms with E-state index in [4.69, 9.17) is 0 Å². The zero-order valence-electron chi connectivity index (χ0n) is 15.3. The van der Waals surface area contributed by atoms with Crippen LogP contribution in [-0.4, -0.2) is 11.7 Å². The molecule has 2 N–H and O–H groups in total. The van der Waals surface area contributed by atoms with Gasteiger partial charge in [-0.05, 0) is 6.42 Å².